The Hall–Kier alpha value is -1.11. The van der Waals surface area contributed by atoms with Gasteiger partial charge in [-0.1, -0.05) is 11.8 Å². The molecule has 0 saturated heterocycles. The number of fused-ring (bicyclic) bond motifs is 1. The van der Waals surface area contributed by atoms with Crippen molar-refractivity contribution in [3.63, 3.8) is 0 Å². The average molecular weight is 253 g/mol. The van der Waals surface area contributed by atoms with E-state index in [2.05, 4.69) is 15.3 Å². The van der Waals surface area contributed by atoms with Crippen molar-refractivity contribution in [1.82, 2.24) is 4.98 Å². The van der Waals surface area contributed by atoms with Gasteiger partial charge in [-0.3, -0.25) is 4.99 Å². The number of pyridine rings is 1. The monoisotopic (exact) mass is 253 g/mol. The molecule has 1 aromatic heterocycles. The molecule has 1 N–H and O–H groups in total. The van der Waals surface area contributed by atoms with E-state index in [1.807, 2.05) is 12.1 Å². The van der Waals surface area contributed by atoms with Gasteiger partial charge in [0, 0.05) is 20.4 Å². The first-order chi connectivity index (χ1) is 8.33. The van der Waals surface area contributed by atoms with Crippen LogP contribution in [0.2, 0.25) is 0 Å². The van der Waals surface area contributed by atoms with Crippen LogP contribution >= 0.6 is 11.8 Å². The van der Waals surface area contributed by atoms with E-state index < -0.39 is 0 Å². The van der Waals surface area contributed by atoms with Crippen LogP contribution in [0.4, 0.5) is 5.69 Å². The van der Waals surface area contributed by atoms with Gasteiger partial charge in [-0.25, -0.2) is 4.98 Å². The summed E-state index contributed by atoms with van der Waals surface area (Å²) < 4.78 is 10.2. The van der Waals surface area contributed by atoms with Crippen molar-refractivity contribution in [3.8, 4) is 0 Å². The van der Waals surface area contributed by atoms with E-state index in [4.69, 9.17) is 9.47 Å². The number of nitrogens with zero attached hydrogens (tertiary/aromatic N) is 2. The van der Waals surface area contributed by atoms with E-state index in [9.17, 15) is 0 Å². The zero-order chi connectivity index (χ0) is 12.1. The largest absolute Gasteiger partial charge is 0.354 e. The molecule has 1 aromatic rings. The van der Waals surface area contributed by atoms with Gasteiger partial charge in [0.1, 0.15) is 10.9 Å². The summed E-state index contributed by atoms with van der Waals surface area (Å²) in [6.45, 7) is 0.492. The number of aliphatic imine (C=N–C) groups is 1. The van der Waals surface area contributed by atoms with Gasteiger partial charge in [0.15, 0.2) is 6.29 Å². The molecular weight excluding hydrogens is 238 g/mol. The number of aromatic nitrogens is 1. The first-order valence-electron chi connectivity index (χ1n) is 5.27. The van der Waals surface area contributed by atoms with Gasteiger partial charge in [0.05, 0.1) is 18.0 Å². The molecule has 0 amide bonds. The highest BCUT2D eigenvalue weighted by Gasteiger charge is 2.14. The Balaban J connectivity index is 2.00. The zero-order valence-electron chi connectivity index (χ0n) is 9.84. The van der Waals surface area contributed by atoms with Gasteiger partial charge in [-0.2, -0.15) is 0 Å². The zero-order valence-corrected chi connectivity index (χ0v) is 10.7. The summed E-state index contributed by atoms with van der Waals surface area (Å²) in [6.07, 6.45) is 1.51. The highest BCUT2D eigenvalue weighted by Crippen LogP contribution is 2.28. The maximum atomic E-state index is 5.08. The Morgan fingerprint density at radius 3 is 3.12 bits per heavy atom. The Labute approximate surface area is 105 Å². The fraction of sp³-hybridized carbons (Fsp3) is 0.455. The minimum Gasteiger partial charge on any atom is -0.354 e. The second-order valence-corrected chi connectivity index (χ2v) is 4.42. The van der Waals surface area contributed by atoms with Gasteiger partial charge >= 0.3 is 0 Å². The molecule has 0 atom stereocenters. The number of hydrogen-bond donors (Lipinski definition) is 1. The van der Waals surface area contributed by atoms with Crippen molar-refractivity contribution in [2.24, 2.45) is 4.99 Å². The van der Waals surface area contributed by atoms with Crippen molar-refractivity contribution in [1.29, 1.82) is 0 Å². The van der Waals surface area contributed by atoms with Gasteiger partial charge < -0.3 is 14.8 Å². The number of thioether (sulfide) groups is 1. The van der Waals surface area contributed by atoms with Crippen LogP contribution in [-0.2, 0) is 9.47 Å². The lowest BCUT2D eigenvalue weighted by Crippen LogP contribution is -2.24. The fourth-order valence-corrected chi connectivity index (χ4v) is 2.29. The number of nitrogens with one attached hydrogen (secondary N) is 1. The smallest absolute Gasteiger partial charge is 0.176 e. The van der Waals surface area contributed by atoms with Crippen molar-refractivity contribution in [2.45, 2.75) is 11.3 Å². The third-order valence-corrected chi connectivity index (χ3v) is 3.37. The molecule has 5 nitrogen and oxygen atoms in total. The van der Waals surface area contributed by atoms with Crippen LogP contribution < -0.4 is 5.32 Å². The Bertz CT molecular complexity index is 407. The molecule has 0 saturated carbocycles. The third kappa shape index (κ3) is 3.18. The molecule has 17 heavy (non-hydrogen) atoms. The van der Waals surface area contributed by atoms with E-state index in [1.54, 1.807) is 32.2 Å². The molecule has 1 aliphatic heterocycles. The Kier molecular flexibility index (Phi) is 4.36. The maximum absolute atomic E-state index is 5.08. The van der Waals surface area contributed by atoms with Crippen LogP contribution in [0, 0.1) is 0 Å². The second-order valence-electron chi connectivity index (χ2n) is 3.46. The molecule has 0 aliphatic carbocycles. The molecule has 1 aliphatic rings. The lowest BCUT2D eigenvalue weighted by atomic mass is 10.4. The van der Waals surface area contributed by atoms with Crippen molar-refractivity contribution in [3.05, 3.63) is 18.3 Å². The number of amidine groups is 1. The minimum atomic E-state index is -0.287. The van der Waals surface area contributed by atoms with E-state index >= 15 is 0 Å². The number of hydrogen-bond acceptors (Lipinski definition) is 5. The first-order valence-corrected chi connectivity index (χ1v) is 6.26. The van der Waals surface area contributed by atoms with Crippen molar-refractivity contribution < 1.29 is 9.47 Å². The molecule has 6 heteroatoms. The molecule has 0 fully saturated rings. The third-order valence-electron chi connectivity index (χ3n) is 2.35. The predicted molar refractivity (Wildman–Crippen MR) is 68.7 cm³/mol. The molecular formula is C11H15N3O2S. The molecule has 0 unspecified atom stereocenters. The van der Waals surface area contributed by atoms with Crippen LogP contribution in [0.25, 0.3) is 0 Å². The highest BCUT2D eigenvalue weighted by molar-refractivity contribution is 8.00. The Morgan fingerprint density at radius 1 is 1.53 bits per heavy atom. The van der Waals surface area contributed by atoms with E-state index in [1.165, 1.54) is 0 Å². The van der Waals surface area contributed by atoms with Crippen LogP contribution in [0.1, 0.15) is 0 Å². The predicted octanol–water partition coefficient (Wildman–Crippen LogP) is 1.62. The lowest BCUT2D eigenvalue weighted by Gasteiger charge is -2.19. The second kappa shape index (κ2) is 6.00. The van der Waals surface area contributed by atoms with Crippen LogP contribution in [-0.4, -0.2) is 43.6 Å². The molecule has 0 radical (unpaired) electrons. The van der Waals surface area contributed by atoms with Crippen molar-refractivity contribution >= 4 is 23.3 Å². The molecule has 2 heterocycles. The number of rotatable bonds is 4. The average Bonchev–Trinajstić information content (AvgIpc) is 2.40. The maximum Gasteiger partial charge on any atom is 0.176 e. The van der Waals surface area contributed by atoms with E-state index in [0.717, 1.165) is 22.3 Å². The van der Waals surface area contributed by atoms with Gasteiger partial charge in [-0.05, 0) is 12.1 Å². The molecule has 2 rings (SSSR count). The Morgan fingerprint density at radius 2 is 2.35 bits per heavy atom. The summed E-state index contributed by atoms with van der Waals surface area (Å²) in [5, 5.41) is 4.27. The standard InChI is InChI=1S/C11H15N3O2S/c1-15-10(16-2)6-13-9-7-17-11-8(14-9)4-3-5-12-11/h3-5,10H,6-7H2,1-2H3,(H,13,14). The van der Waals surface area contributed by atoms with Crippen LogP contribution in [0.3, 0.4) is 0 Å². The summed E-state index contributed by atoms with van der Waals surface area (Å²) in [5.41, 5.74) is 1.01. The normalized spacial score (nSPS) is 17.0. The summed E-state index contributed by atoms with van der Waals surface area (Å²) >= 11 is 1.68. The molecule has 92 valence electrons. The number of methoxy groups -OCH3 is 2. The fourth-order valence-electron chi connectivity index (χ4n) is 1.44. The summed E-state index contributed by atoms with van der Waals surface area (Å²) in [5.74, 6) is 1.72. The van der Waals surface area contributed by atoms with Crippen molar-refractivity contribution in [2.75, 3.05) is 31.8 Å². The van der Waals surface area contributed by atoms with Crippen LogP contribution in [0.15, 0.2) is 28.3 Å². The van der Waals surface area contributed by atoms with E-state index in [-0.39, 0.29) is 6.29 Å². The molecule has 0 bridgehead atoms. The lowest BCUT2D eigenvalue weighted by molar-refractivity contribution is -0.0936. The van der Waals surface area contributed by atoms with Crippen LogP contribution in [0.5, 0.6) is 0 Å². The summed E-state index contributed by atoms with van der Waals surface area (Å²) in [4.78, 5) is 8.71. The number of ether oxygens (including phenoxy) is 2. The first kappa shape index (κ1) is 12.3. The minimum absolute atomic E-state index is 0.287. The number of anilines is 1. The highest BCUT2D eigenvalue weighted by atomic mass is 32.2. The van der Waals surface area contributed by atoms with Gasteiger partial charge in [-0.15, -0.1) is 0 Å². The summed E-state index contributed by atoms with van der Waals surface area (Å²) in [6, 6.07) is 3.90. The summed E-state index contributed by atoms with van der Waals surface area (Å²) in [7, 11) is 3.22. The quantitative estimate of drug-likeness (QED) is 0.826. The molecule has 0 aromatic carbocycles. The SMILES string of the molecule is COC(CN=C1CSc2ncccc2N1)OC. The topological polar surface area (TPSA) is 55.7 Å². The molecule has 0 spiro atoms. The van der Waals surface area contributed by atoms with E-state index in [0.29, 0.717) is 6.54 Å². The van der Waals surface area contributed by atoms with Gasteiger partial charge in [0.25, 0.3) is 0 Å². The van der Waals surface area contributed by atoms with Gasteiger partial charge in [0.2, 0.25) is 0 Å².